The Kier molecular flexibility index (Phi) is 5.28. The molecular weight excluding hydrogens is 349 g/mol. The molecule has 1 atom stereocenters. The van der Waals surface area contributed by atoms with Crippen molar-refractivity contribution in [2.45, 2.75) is 6.92 Å². The van der Waals surface area contributed by atoms with Gasteiger partial charge in [0.05, 0.1) is 5.69 Å². The van der Waals surface area contributed by atoms with Gasteiger partial charge in [-0.25, -0.2) is 0 Å². The number of para-hydroxylation sites is 1. The third kappa shape index (κ3) is 3.71. The lowest BCUT2D eigenvalue weighted by Gasteiger charge is -2.37. The number of likely N-dealkylation sites (N-methyl/N-ethyl adjacent to an activating group) is 1. The van der Waals surface area contributed by atoms with Crippen molar-refractivity contribution in [1.82, 2.24) is 9.80 Å². The predicted octanol–water partition coefficient (Wildman–Crippen LogP) is 3.06. The Morgan fingerprint density at radius 3 is 2.40 bits per heavy atom. The SMILES string of the molecule is CCN1CCN(CCN2c3ccccc3Pc3ccc(Cl)cc32)CC1. The molecule has 0 amide bonds. The smallest absolute Gasteiger partial charge is 0.0505 e. The second kappa shape index (κ2) is 7.63. The number of hydrogen-bond acceptors (Lipinski definition) is 3. The summed E-state index contributed by atoms with van der Waals surface area (Å²) in [5, 5.41) is 3.66. The molecule has 0 aromatic heterocycles. The van der Waals surface area contributed by atoms with Gasteiger partial charge in [-0.1, -0.05) is 51.4 Å². The van der Waals surface area contributed by atoms with E-state index in [9.17, 15) is 0 Å². The maximum absolute atomic E-state index is 6.31. The number of fused-ring (bicyclic) bond motifs is 2. The molecule has 0 saturated carbocycles. The molecule has 2 heterocycles. The average molecular weight is 374 g/mol. The molecule has 5 heteroatoms. The number of anilines is 2. The molecule has 2 aromatic carbocycles. The number of rotatable bonds is 4. The molecule has 132 valence electrons. The van der Waals surface area contributed by atoms with Crippen LogP contribution in [0.3, 0.4) is 0 Å². The van der Waals surface area contributed by atoms with Crippen molar-refractivity contribution in [3.63, 3.8) is 0 Å². The van der Waals surface area contributed by atoms with Crippen LogP contribution in [0.25, 0.3) is 0 Å². The standard InChI is InChI=1S/C20H25ClN3P/c1-2-22-9-11-23(12-10-22)13-14-24-17-5-3-4-6-19(17)25-20-8-7-16(21)15-18(20)24/h3-8,15,25H,2,9-14H2,1H3. The van der Waals surface area contributed by atoms with Gasteiger partial charge in [0, 0.05) is 60.6 Å². The van der Waals surface area contributed by atoms with Gasteiger partial charge in [-0.3, -0.25) is 4.90 Å². The molecule has 1 unspecified atom stereocenters. The van der Waals surface area contributed by atoms with Crippen molar-refractivity contribution in [3.8, 4) is 0 Å². The van der Waals surface area contributed by atoms with Gasteiger partial charge in [-0.15, -0.1) is 0 Å². The topological polar surface area (TPSA) is 9.72 Å². The van der Waals surface area contributed by atoms with Crippen molar-refractivity contribution in [2.24, 2.45) is 0 Å². The summed E-state index contributed by atoms with van der Waals surface area (Å²) in [6, 6.07) is 15.2. The number of benzene rings is 2. The van der Waals surface area contributed by atoms with E-state index in [0.29, 0.717) is 8.58 Å². The summed E-state index contributed by atoms with van der Waals surface area (Å²) in [5.74, 6) is 0. The van der Waals surface area contributed by atoms with Crippen LogP contribution in [-0.2, 0) is 0 Å². The molecule has 4 rings (SSSR count). The molecule has 3 nitrogen and oxygen atoms in total. The van der Waals surface area contributed by atoms with Crippen molar-refractivity contribution in [1.29, 1.82) is 0 Å². The minimum Gasteiger partial charge on any atom is -0.339 e. The maximum Gasteiger partial charge on any atom is 0.0505 e. The molecule has 0 bridgehead atoms. The van der Waals surface area contributed by atoms with Gasteiger partial charge in [-0.05, 0) is 24.7 Å². The fourth-order valence-corrected chi connectivity index (χ4v) is 5.22. The van der Waals surface area contributed by atoms with Crippen LogP contribution in [0, 0.1) is 0 Å². The van der Waals surface area contributed by atoms with E-state index in [1.54, 1.807) is 0 Å². The molecule has 0 spiro atoms. The number of nitrogens with zero attached hydrogens (tertiary/aromatic N) is 3. The minimum atomic E-state index is 0.713. The molecular formula is C20H25ClN3P. The number of piperazine rings is 1. The fraction of sp³-hybridized carbons (Fsp3) is 0.400. The van der Waals surface area contributed by atoms with Crippen molar-refractivity contribution >= 4 is 42.2 Å². The van der Waals surface area contributed by atoms with Gasteiger partial charge in [0.25, 0.3) is 0 Å². The van der Waals surface area contributed by atoms with Crippen LogP contribution in [-0.4, -0.2) is 55.6 Å². The van der Waals surface area contributed by atoms with Crippen LogP contribution in [0.15, 0.2) is 42.5 Å². The van der Waals surface area contributed by atoms with Crippen LogP contribution in [0.4, 0.5) is 11.4 Å². The predicted molar refractivity (Wildman–Crippen MR) is 111 cm³/mol. The van der Waals surface area contributed by atoms with Gasteiger partial charge in [0.15, 0.2) is 0 Å². The first kappa shape index (κ1) is 17.3. The number of hydrogen-bond donors (Lipinski definition) is 0. The van der Waals surface area contributed by atoms with Crippen LogP contribution in [0.1, 0.15) is 6.92 Å². The fourth-order valence-electron chi connectivity index (χ4n) is 3.73. The lowest BCUT2D eigenvalue weighted by atomic mass is 10.2. The van der Waals surface area contributed by atoms with Gasteiger partial charge >= 0.3 is 0 Å². The zero-order valence-corrected chi connectivity index (χ0v) is 16.5. The Bertz CT molecular complexity index is 743. The van der Waals surface area contributed by atoms with Crippen molar-refractivity contribution in [3.05, 3.63) is 47.5 Å². The minimum absolute atomic E-state index is 0.713. The third-order valence-corrected chi connectivity index (χ3v) is 6.89. The summed E-state index contributed by atoms with van der Waals surface area (Å²) < 4.78 is 0. The van der Waals surface area contributed by atoms with E-state index in [4.69, 9.17) is 11.6 Å². The lowest BCUT2D eigenvalue weighted by molar-refractivity contribution is 0.140. The summed E-state index contributed by atoms with van der Waals surface area (Å²) in [6.07, 6.45) is 0. The number of halogens is 1. The zero-order valence-electron chi connectivity index (χ0n) is 14.7. The van der Waals surface area contributed by atoms with Crippen molar-refractivity contribution in [2.75, 3.05) is 50.7 Å². The quantitative estimate of drug-likeness (QED) is 0.763. The normalized spacial score (nSPS) is 19.0. The molecule has 2 aliphatic heterocycles. The average Bonchev–Trinajstić information content (AvgIpc) is 2.66. The molecule has 1 saturated heterocycles. The van der Waals surface area contributed by atoms with Gasteiger partial charge in [0.2, 0.25) is 0 Å². The van der Waals surface area contributed by atoms with Gasteiger partial charge in [0.1, 0.15) is 0 Å². The zero-order chi connectivity index (χ0) is 17.2. The van der Waals surface area contributed by atoms with E-state index in [2.05, 4.69) is 58.0 Å². The second-order valence-corrected chi connectivity index (χ2v) is 8.49. The Balaban J connectivity index is 1.53. The molecule has 1 fully saturated rings. The van der Waals surface area contributed by atoms with E-state index >= 15 is 0 Å². The van der Waals surface area contributed by atoms with Crippen LogP contribution in [0.2, 0.25) is 5.02 Å². The van der Waals surface area contributed by atoms with E-state index in [1.807, 2.05) is 6.07 Å². The molecule has 0 N–H and O–H groups in total. The van der Waals surface area contributed by atoms with Crippen LogP contribution < -0.4 is 15.5 Å². The van der Waals surface area contributed by atoms with E-state index in [1.165, 1.54) is 54.7 Å². The molecule has 2 aromatic rings. The van der Waals surface area contributed by atoms with E-state index in [-0.39, 0.29) is 0 Å². The Morgan fingerprint density at radius 1 is 0.880 bits per heavy atom. The molecule has 2 aliphatic rings. The summed E-state index contributed by atoms with van der Waals surface area (Å²) in [4.78, 5) is 7.60. The highest BCUT2D eigenvalue weighted by atomic mass is 35.5. The monoisotopic (exact) mass is 373 g/mol. The first-order valence-electron chi connectivity index (χ1n) is 9.12. The summed E-state index contributed by atoms with van der Waals surface area (Å²) >= 11 is 6.31. The first-order chi connectivity index (χ1) is 12.2. The second-order valence-electron chi connectivity index (χ2n) is 6.73. The van der Waals surface area contributed by atoms with Crippen LogP contribution in [0.5, 0.6) is 0 Å². The summed E-state index contributed by atoms with van der Waals surface area (Å²) in [5.41, 5.74) is 2.64. The molecule has 25 heavy (non-hydrogen) atoms. The van der Waals surface area contributed by atoms with Crippen molar-refractivity contribution < 1.29 is 0 Å². The maximum atomic E-state index is 6.31. The summed E-state index contributed by atoms with van der Waals surface area (Å²) in [7, 11) is 0.713. The molecule has 0 aliphatic carbocycles. The Labute approximate surface area is 157 Å². The van der Waals surface area contributed by atoms with E-state index in [0.717, 1.165) is 18.1 Å². The summed E-state index contributed by atoms with van der Waals surface area (Å²) in [6.45, 7) is 10.3. The third-order valence-electron chi connectivity index (χ3n) is 5.27. The highest BCUT2D eigenvalue weighted by molar-refractivity contribution is 7.56. The highest BCUT2D eigenvalue weighted by Gasteiger charge is 2.24. The first-order valence-corrected chi connectivity index (χ1v) is 10.5. The highest BCUT2D eigenvalue weighted by Crippen LogP contribution is 2.36. The molecule has 0 radical (unpaired) electrons. The Morgan fingerprint density at radius 2 is 1.60 bits per heavy atom. The van der Waals surface area contributed by atoms with Gasteiger partial charge < -0.3 is 9.80 Å². The van der Waals surface area contributed by atoms with E-state index < -0.39 is 0 Å². The van der Waals surface area contributed by atoms with Crippen LogP contribution >= 0.6 is 20.2 Å². The van der Waals surface area contributed by atoms with Gasteiger partial charge in [-0.2, -0.15) is 0 Å². The lowest BCUT2D eigenvalue weighted by Crippen LogP contribution is -2.48. The Hall–Kier alpha value is -1.12. The largest absolute Gasteiger partial charge is 0.339 e.